The molecule has 29 heavy (non-hydrogen) atoms. The second kappa shape index (κ2) is 7.00. The van der Waals surface area contributed by atoms with Crippen molar-refractivity contribution in [1.29, 1.82) is 0 Å². The normalized spacial score (nSPS) is 11.1. The van der Waals surface area contributed by atoms with Crippen molar-refractivity contribution in [3.63, 3.8) is 0 Å². The van der Waals surface area contributed by atoms with Crippen LogP contribution in [0.3, 0.4) is 0 Å². The third-order valence-corrected chi connectivity index (χ3v) is 4.88. The monoisotopic (exact) mass is 399 g/mol. The van der Waals surface area contributed by atoms with Crippen molar-refractivity contribution < 1.29 is 4.79 Å². The molecule has 7 heteroatoms. The van der Waals surface area contributed by atoms with Gasteiger partial charge in [0.05, 0.1) is 11.0 Å². The van der Waals surface area contributed by atoms with E-state index in [9.17, 15) is 4.79 Å². The van der Waals surface area contributed by atoms with Gasteiger partial charge >= 0.3 is 0 Å². The predicted molar refractivity (Wildman–Crippen MR) is 113 cm³/mol. The van der Waals surface area contributed by atoms with E-state index in [4.69, 9.17) is 11.6 Å². The fourth-order valence-electron chi connectivity index (χ4n) is 3.21. The van der Waals surface area contributed by atoms with E-state index >= 15 is 0 Å². The Kier molecular flexibility index (Phi) is 4.18. The lowest BCUT2D eigenvalue weighted by atomic mass is 10.0. The van der Waals surface area contributed by atoms with E-state index in [1.54, 1.807) is 36.7 Å². The summed E-state index contributed by atoms with van der Waals surface area (Å²) in [5, 5.41) is 12.1. The van der Waals surface area contributed by atoms with Gasteiger partial charge in [-0.05, 0) is 42.5 Å². The Hall–Kier alpha value is -3.77. The van der Waals surface area contributed by atoms with Crippen LogP contribution in [0.1, 0.15) is 15.9 Å². The first kappa shape index (κ1) is 17.3. The fraction of sp³-hybridized carbons (Fsp3) is 0. The van der Waals surface area contributed by atoms with Gasteiger partial charge in [-0.2, -0.15) is 0 Å². The third-order valence-electron chi connectivity index (χ3n) is 4.63. The molecule has 2 aromatic heterocycles. The van der Waals surface area contributed by atoms with E-state index in [-0.39, 0.29) is 5.78 Å². The summed E-state index contributed by atoms with van der Waals surface area (Å²) in [6, 6.07) is 22.0. The highest BCUT2D eigenvalue weighted by Crippen LogP contribution is 2.25. The zero-order valence-corrected chi connectivity index (χ0v) is 15.8. The SMILES string of the molecule is O=C(c1ccccc1)c1ccc2nc(Nc3ccc(Cl)cc3)c3nncn3c2c1. The zero-order valence-electron chi connectivity index (χ0n) is 15.1. The molecule has 3 aromatic carbocycles. The molecular formula is C22H14ClN5O. The van der Waals surface area contributed by atoms with Crippen LogP contribution in [-0.2, 0) is 0 Å². The van der Waals surface area contributed by atoms with Gasteiger partial charge in [-0.15, -0.1) is 10.2 Å². The highest BCUT2D eigenvalue weighted by atomic mass is 35.5. The number of ketones is 1. The molecule has 0 unspecified atom stereocenters. The number of aromatic nitrogens is 4. The Bertz CT molecular complexity index is 1350. The summed E-state index contributed by atoms with van der Waals surface area (Å²) in [5.41, 5.74) is 4.10. The van der Waals surface area contributed by atoms with Crippen molar-refractivity contribution in [2.75, 3.05) is 5.32 Å². The van der Waals surface area contributed by atoms with Crippen LogP contribution in [0.5, 0.6) is 0 Å². The van der Waals surface area contributed by atoms with Crippen molar-refractivity contribution >= 4 is 45.6 Å². The van der Waals surface area contributed by atoms with Crippen molar-refractivity contribution in [1.82, 2.24) is 19.6 Å². The smallest absolute Gasteiger partial charge is 0.204 e. The summed E-state index contributed by atoms with van der Waals surface area (Å²) in [6.07, 6.45) is 1.61. The summed E-state index contributed by atoms with van der Waals surface area (Å²) in [4.78, 5) is 17.5. The van der Waals surface area contributed by atoms with E-state index in [0.717, 1.165) is 16.7 Å². The number of fused-ring (bicyclic) bond motifs is 3. The lowest BCUT2D eigenvalue weighted by molar-refractivity contribution is 0.103. The third kappa shape index (κ3) is 3.19. The minimum absolute atomic E-state index is 0.0444. The molecule has 0 atom stereocenters. The lowest BCUT2D eigenvalue weighted by Crippen LogP contribution is -2.04. The van der Waals surface area contributed by atoms with Gasteiger partial charge in [-0.3, -0.25) is 9.20 Å². The average molecular weight is 400 g/mol. The molecule has 0 saturated heterocycles. The highest BCUT2D eigenvalue weighted by molar-refractivity contribution is 6.30. The number of carbonyl (C=O) groups is 1. The molecular weight excluding hydrogens is 386 g/mol. The van der Waals surface area contributed by atoms with Crippen LogP contribution in [0.4, 0.5) is 11.5 Å². The van der Waals surface area contributed by atoms with Crippen molar-refractivity contribution in [2.45, 2.75) is 0 Å². The molecule has 0 spiro atoms. The quantitative estimate of drug-likeness (QED) is 0.435. The van der Waals surface area contributed by atoms with Gasteiger partial charge < -0.3 is 5.32 Å². The van der Waals surface area contributed by atoms with Crippen molar-refractivity contribution in [3.05, 3.63) is 95.3 Å². The summed E-state index contributed by atoms with van der Waals surface area (Å²) in [5.74, 6) is 0.525. The summed E-state index contributed by atoms with van der Waals surface area (Å²) < 4.78 is 1.82. The Morgan fingerprint density at radius 2 is 1.72 bits per heavy atom. The van der Waals surface area contributed by atoms with Gasteiger partial charge in [0.25, 0.3) is 0 Å². The van der Waals surface area contributed by atoms with Gasteiger partial charge in [0, 0.05) is 21.8 Å². The summed E-state index contributed by atoms with van der Waals surface area (Å²) in [6.45, 7) is 0. The fourth-order valence-corrected chi connectivity index (χ4v) is 3.33. The number of rotatable bonds is 4. The number of benzene rings is 3. The predicted octanol–water partition coefficient (Wildman–Crippen LogP) is 4.91. The van der Waals surface area contributed by atoms with E-state index < -0.39 is 0 Å². The number of halogens is 1. The highest BCUT2D eigenvalue weighted by Gasteiger charge is 2.14. The molecule has 6 nitrogen and oxygen atoms in total. The van der Waals surface area contributed by atoms with Gasteiger partial charge in [0.2, 0.25) is 5.65 Å². The Balaban J connectivity index is 1.61. The molecule has 5 aromatic rings. The standard InChI is InChI=1S/C22H14ClN5O/c23-16-7-9-17(10-8-16)25-21-22-27-24-13-28(22)19-12-15(6-11-18(19)26-21)20(29)14-4-2-1-3-5-14/h1-13H,(H,25,26). The molecule has 1 N–H and O–H groups in total. The van der Waals surface area contributed by atoms with E-state index in [0.29, 0.717) is 27.6 Å². The maximum Gasteiger partial charge on any atom is 0.204 e. The number of anilines is 2. The van der Waals surface area contributed by atoms with Crippen LogP contribution in [0.25, 0.3) is 16.7 Å². The Labute approximate surface area is 170 Å². The number of nitrogens with one attached hydrogen (secondary N) is 1. The molecule has 0 amide bonds. The van der Waals surface area contributed by atoms with Gasteiger partial charge in [-0.1, -0.05) is 41.9 Å². The first-order chi connectivity index (χ1) is 14.2. The summed E-state index contributed by atoms with van der Waals surface area (Å²) in [7, 11) is 0. The van der Waals surface area contributed by atoms with Gasteiger partial charge in [0.15, 0.2) is 11.6 Å². The topological polar surface area (TPSA) is 72.2 Å². The molecule has 0 bridgehead atoms. The molecule has 0 radical (unpaired) electrons. The molecule has 2 heterocycles. The van der Waals surface area contributed by atoms with E-state index in [2.05, 4.69) is 20.5 Å². The number of hydrogen-bond acceptors (Lipinski definition) is 5. The number of carbonyl (C=O) groups excluding carboxylic acids is 1. The largest absolute Gasteiger partial charge is 0.337 e. The minimum Gasteiger partial charge on any atom is -0.337 e. The summed E-state index contributed by atoms with van der Waals surface area (Å²) >= 11 is 5.96. The maximum absolute atomic E-state index is 12.8. The molecule has 0 fully saturated rings. The van der Waals surface area contributed by atoms with Crippen molar-refractivity contribution in [3.8, 4) is 0 Å². The Morgan fingerprint density at radius 1 is 0.931 bits per heavy atom. The molecule has 0 aliphatic carbocycles. The zero-order chi connectivity index (χ0) is 19.8. The van der Waals surface area contributed by atoms with Gasteiger partial charge in [0.1, 0.15) is 6.33 Å². The number of nitrogens with zero attached hydrogens (tertiary/aromatic N) is 4. The first-order valence-corrected chi connectivity index (χ1v) is 9.33. The molecule has 0 saturated carbocycles. The average Bonchev–Trinajstić information content (AvgIpc) is 3.26. The Morgan fingerprint density at radius 3 is 2.52 bits per heavy atom. The second-order valence-electron chi connectivity index (χ2n) is 6.52. The van der Waals surface area contributed by atoms with Crippen LogP contribution in [0.2, 0.25) is 5.02 Å². The minimum atomic E-state index is -0.0444. The first-order valence-electron chi connectivity index (χ1n) is 8.95. The van der Waals surface area contributed by atoms with Crippen LogP contribution < -0.4 is 5.32 Å². The van der Waals surface area contributed by atoms with E-state index in [1.807, 2.05) is 46.9 Å². The molecule has 140 valence electrons. The molecule has 5 rings (SSSR count). The lowest BCUT2D eigenvalue weighted by Gasteiger charge is -2.10. The van der Waals surface area contributed by atoms with Gasteiger partial charge in [-0.25, -0.2) is 4.98 Å². The molecule has 0 aliphatic rings. The molecule has 0 aliphatic heterocycles. The maximum atomic E-state index is 12.8. The van der Waals surface area contributed by atoms with Crippen LogP contribution in [-0.4, -0.2) is 25.4 Å². The number of hydrogen-bond donors (Lipinski definition) is 1. The van der Waals surface area contributed by atoms with Crippen LogP contribution >= 0.6 is 11.6 Å². The van der Waals surface area contributed by atoms with Crippen LogP contribution in [0.15, 0.2) is 79.1 Å². The van der Waals surface area contributed by atoms with Crippen molar-refractivity contribution in [2.24, 2.45) is 0 Å². The second-order valence-corrected chi connectivity index (χ2v) is 6.95. The van der Waals surface area contributed by atoms with Crippen LogP contribution in [0, 0.1) is 0 Å². The van der Waals surface area contributed by atoms with E-state index in [1.165, 1.54) is 0 Å².